The molecule has 0 bridgehead atoms. The highest BCUT2D eigenvalue weighted by molar-refractivity contribution is 5.61. The minimum absolute atomic E-state index is 0.104. The molecule has 0 aromatic rings. The van der Waals surface area contributed by atoms with E-state index in [-0.39, 0.29) is 6.10 Å². The van der Waals surface area contributed by atoms with Gasteiger partial charge in [-0.1, -0.05) is 0 Å². The number of rotatable bonds is 2. The van der Waals surface area contributed by atoms with Crippen LogP contribution in [0.5, 0.6) is 0 Å². The third kappa shape index (κ3) is 2.73. The largest absolute Gasteiger partial charge is 0.513 e. The quantitative estimate of drug-likeness (QED) is 0.617. The molecule has 0 amide bonds. The van der Waals surface area contributed by atoms with E-state index in [1.807, 2.05) is 6.08 Å². The van der Waals surface area contributed by atoms with Crippen molar-refractivity contribution in [3.63, 3.8) is 0 Å². The van der Waals surface area contributed by atoms with Crippen LogP contribution in [0.4, 0.5) is 4.79 Å². The van der Waals surface area contributed by atoms with Gasteiger partial charge in [0.05, 0.1) is 7.11 Å². The Morgan fingerprint density at radius 2 is 2.31 bits per heavy atom. The first kappa shape index (κ1) is 10.1. The summed E-state index contributed by atoms with van der Waals surface area (Å²) in [6, 6.07) is 0. The Bertz CT molecular complexity index is 210. The van der Waals surface area contributed by atoms with Crippen LogP contribution in [-0.2, 0) is 14.2 Å². The molecule has 4 nitrogen and oxygen atoms in total. The molecule has 0 spiro atoms. The predicted molar refractivity (Wildman–Crippen MR) is 46.2 cm³/mol. The monoisotopic (exact) mass is 186 g/mol. The van der Waals surface area contributed by atoms with Crippen molar-refractivity contribution in [3.05, 3.63) is 11.8 Å². The predicted octanol–water partition coefficient (Wildman–Crippen LogP) is 1.85. The summed E-state index contributed by atoms with van der Waals surface area (Å²) in [6.07, 6.45) is 3.95. The molecule has 0 aliphatic heterocycles. The molecule has 0 saturated heterocycles. The van der Waals surface area contributed by atoms with Crippen molar-refractivity contribution in [2.75, 3.05) is 14.2 Å². The molecule has 1 aliphatic rings. The molecule has 0 heterocycles. The third-order valence-electron chi connectivity index (χ3n) is 1.99. The molecule has 1 atom stereocenters. The maximum absolute atomic E-state index is 10.8. The van der Waals surface area contributed by atoms with E-state index in [1.54, 1.807) is 7.11 Å². The van der Waals surface area contributed by atoms with E-state index in [0.717, 1.165) is 19.3 Å². The van der Waals surface area contributed by atoms with Gasteiger partial charge in [0.15, 0.2) is 0 Å². The number of carbonyl (C=O) groups excluding carboxylic acids is 1. The zero-order chi connectivity index (χ0) is 9.68. The van der Waals surface area contributed by atoms with E-state index in [2.05, 4.69) is 4.74 Å². The summed E-state index contributed by atoms with van der Waals surface area (Å²) in [5.74, 6) is 0.570. The second-order valence-electron chi connectivity index (χ2n) is 2.82. The second-order valence-corrected chi connectivity index (χ2v) is 2.82. The van der Waals surface area contributed by atoms with Crippen LogP contribution in [0.15, 0.2) is 11.8 Å². The minimum atomic E-state index is -0.685. The zero-order valence-corrected chi connectivity index (χ0v) is 7.91. The molecule has 0 N–H and O–H groups in total. The summed E-state index contributed by atoms with van der Waals surface area (Å²) >= 11 is 0. The van der Waals surface area contributed by atoms with Gasteiger partial charge in [-0.25, -0.2) is 4.79 Å². The first-order valence-electron chi connectivity index (χ1n) is 4.26. The van der Waals surface area contributed by atoms with Crippen LogP contribution < -0.4 is 0 Å². The Kier molecular flexibility index (Phi) is 3.76. The minimum Gasteiger partial charge on any atom is -0.437 e. The number of hydrogen-bond donors (Lipinski definition) is 0. The van der Waals surface area contributed by atoms with Gasteiger partial charge in [0.25, 0.3) is 0 Å². The fourth-order valence-corrected chi connectivity index (χ4v) is 1.30. The van der Waals surface area contributed by atoms with Gasteiger partial charge in [0.2, 0.25) is 0 Å². The van der Waals surface area contributed by atoms with Crippen LogP contribution >= 0.6 is 0 Å². The molecular weight excluding hydrogens is 172 g/mol. The zero-order valence-electron chi connectivity index (χ0n) is 7.91. The molecule has 0 aromatic heterocycles. The van der Waals surface area contributed by atoms with Crippen molar-refractivity contribution in [1.82, 2.24) is 0 Å². The fraction of sp³-hybridized carbons (Fsp3) is 0.667. The molecule has 0 aromatic carbocycles. The smallest absolute Gasteiger partial charge is 0.437 e. The highest BCUT2D eigenvalue weighted by atomic mass is 16.7. The van der Waals surface area contributed by atoms with E-state index >= 15 is 0 Å². The average molecular weight is 186 g/mol. The number of allylic oxidation sites excluding steroid dienone is 1. The Morgan fingerprint density at radius 3 is 2.92 bits per heavy atom. The van der Waals surface area contributed by atoms with Gasteiger partial charge in [-0.2, -0.15) is 0 Å². The topological polar surface area (TPSA) is 44.8 Å². The van der Waals surface area contributed by atoms with Crippen molar-refractivity contribution in [1.29, 1.82) is 0 Å². The lowest BCUT2D eigenvalue weighted by Gasteiger charge is -2.21. The summed E-state index contributed by atoms with van der Waals surface area (Å²) in [5, 5.41) is 0. The van der Waals surface area contributed by atoms with Crippen molar-refractivity contribution < 1.29 is 19.0 Å². The molecule has 74 valence electrons. The SMILES string of the molecule is COC(=O)OC1=CCCCC1OC. The van der Waals surface area contributed by atoms with Crippen LogP contribution in [0.1, 0.15) is 19.3 Å². The lowest BCUT2D eigenvalue weighted by molar-refractivity contribution is 0.0422. The average Bonchev–Trinajstić information content (AvgIpc) is 2.18. The van der Waals surface area contributed by atoms with Gasteiger partial charge in [-0.15, -0.1) is 0 Å². The van der Waals surface area contributed by atoms with Crippen LogP contribution in [0.3, 0.4) is 0 Å². The normalized spacial score (nSPS) is 22.0. The molecule has 1 unspecified atom stereocenters. The van der Waals surface area contributed by atoms with Gasteiger partial charge in [0, 0.05) is 7.11 Å². The summed E-state index contributed by atoms with van der Waals surface area (Å²) in [7, 11) is 2.89. The Labute approximate surface area is 77.5 Å². The number of methoxy groups -OCH3 is 2. The van der Waals surface area contributed by atoms with E-state index in [1.165, 1.54) is 7.11 Å². The summed E-state index contributed by atoms with van der Waals surface area (Å²) in [5.41, 5.74) is 0. The Morgan fingerprint density at radius 1 is 1.54 bits per heavy atom. The Hall–Kier alpha value is -1.03. The van der Waals surface area contributed by atoms with Gasteiger partial charge < -0.3 is 14.2 Å². The van der Waals surface area contributed by atoms with E-state index in [4.69, 9.17) is 9.47 Å². The van der Waals surface area contributed by atoms with E-state index in [9.17, 15) is 4.79 Å². The van der Waals surface area contributed by atoms with Crippen molar-refractivity contribution in [3.8, 4) is 0 Å². The molecule has 0 radical (unpaired) electrons. The van der Waals surface area contributed by atoms with Crippen molar-refractivity contribution >= 4 is 6.16 Å². The standard InChI is InChI=1S/C9H14O4/c1-11-7-5-3-4-6-8(7)13-9(10)12-2/h6-7H,3-5H2,1-2H3. The lowest BCUT2D eigenvalue weighted by atomic mass is 10.0. The van der Waals surface area contributed by atoms with E-state index in [0.29, 0.717) is 5.76 Å². The van der Waals surface area contributed by atoms with Gasteiger partial charge in [-0.05, 0) is 25.3 Å². The molecule has 4 heteroatoms. The highest BCUT2D eigenvalue weighted by Crippen LogP contribution is 2.21. The van der Waals surface area contributed by atoms with Crippen LogP contribution in [0, 0.1) is 0 Å². The molecule has 0 saturated carbocycles. The third-order valence-corrected chi connectivity index (χ3v) is 1.99. The number of hydrogen-bond acceptors (Lipinski definition) is 4. The summed E-state index contributed by atoms with van der Waals surface area (Å²) in [6.45, 7) is 0. The van der Waals surface area contributed by atoms with Crippen LogP contribution in [0.2, 0.25) is 0 Å². The van der Waals surface area contributed by atoms with Crippen molar-refractivity contribution in [2.45, 2.75) is 25.4 Å². The van der Waals surface area contributed by atoms with Gasteiger partial charge in [-0.3, -0.25) is 0 Å². The fourth-order valence-electron chi connectivity index (χ4n) is 1.30. The maximum atomic E-state index is 10.8. The number of carbonyl (C=O) groups is 1. The first-order chi connectivity index (χ1) is 6.27. The lowest BCUT2D eigenvalue weighted by Crippen LogP contribution is -2.21. The first-order valence-corrected chi connectivity index (χ1v) is 4.26. The van der Waals surface area contributed by atoms with Gasteiger partial charge in [0.1, 0.15) is 11.9 Å². The van der Waals surface area contributed by atoms with Gasteiger partial charge >= 0.3 is 6.16 Å². The Balaban J connectivity index is 2.54. The molecule has 1 rings (SSSR count). The summed E-state index contributed by atoms with van der Waals surface area (Å²) < 4.78 is 14.5. The highest BCUT2D eigenvalue weighted by Gasteiger charge is 2.21. The maximum Gasteiger partial charge on any atom is 0.513 e. The van der Waals surface area contributed by atoms with Crippen molar-refractivity contribution in [2.24, 2.45) is 0 Å². The second kappa shape index (κ2) is 4.87. The molecule has 0 fully saturated rings. The molecule has 13 heavy (non-hydrogen) atoms. The molecular formula is C9H14O4. The van der Waals surface area contributed by atoms with E-state index < -0.39 is 6.16 Å². The summed E-state index contributed by atoms with van der Waals surface area (Å²) in [4.78, 5) is 10.8. The molecule has 1 aliphatic carbocycles. The van der Waals surface area contributed by atoms with Crippen LogP contribution in [0.25, 0.3) is 0 Å². The van der Waals surface area contributed by atoms with Crippen LogP contribution in [-0.4, -0.2) is 26.5 Å². The number of ether oxygens (including phenoxy) is 3.